The van der Waals surface area contributed by atoms with Crippen molar-refractivity contribution in [2.24, 2.45) is 0 Å². The minimum Gasteiger partial charge on any atom is -0.479 e. The Labute approximate surface area is 246 Å². The van der Waals surface area contributed by atoms with Gasteiger partial charge in [0.1, 0.15) is 5.76 Å². The molecule has 0 bridgehead atoms. The normalized spacial score (nSPS) is 17.2. The fourth-order valence-corrected chi connectivity index (χ4v) is 10.1. The third kappa shape index (κ3) is 7.75. The first-order chi connectivity index (χ1) is 19.1. The van der Waals surface area contributed by atoms with Crippen LogP contribution < -0.4 is 21.0 Å². The number of ether oxygens (including phenoxy) is 1. The van der Waals surface area contributed by atoms with Crippen LogP contribution in [0.3, 0.4) is 0 Å². The number of rotatable bonds is 11. The van der Waals surface area contributed by atoms with E-state index < -0.39 is 34.7 Å². The number of benzene rings is 2. The average molecular weight is 599 g/mol. The Bertz CT molecular complexity index is 1170. The van der Waals surface area contributed by atoms with Crippen molar-refractivity contribution in [1.82, 2.24) is 10.6 Å². The third-order valence-electron chi connectivity index (χ3n) is 7.98. The van der Waals surface area contributed by atoms with Gasteiger partial charge in [-0.1, -0.05) is 102 Å². The molecular weight excluding hydrogens is 553 g/mol. The molecule has 1 aliphatic heterocycles. The molecule has 0 unspecified atom stereocenters. The van der Waals surface area contributed by atoms with Crippen LogP contribution in [0.1, 0.15) is 41.5 Å². The zero-order valence-corrected chi connectivity index (χ0v) is 27.6. The molecule has 10 heteroatoms. The first-order valence-corrected chi connectivity index (χ1v) is 18.9. The van der Waals surface area contributed by atoms with Crippen molar-refractivity contribution in [2.45, 2.75) is 76.9 Å². The quantitative estimate of drug-likeness (QED) is 0.343. The monoisotopic (exact) mass is 598 g/mol. The van der Waals surface area contributed by atoms with Gasteiger partial charge in [-0.2, -0.15) is 0 Å². The van der Waals surface area contributed by atoms with Gasteiger partial charge >= 0.3 is 0 Å². The molecule has 0 aromatic heterocycles. The highest BCUT2D eigenvalue weighted by Gasteiger charge is 2.51. The van der Waals surface area contributed by atoms with Gasteiger partial charge in [-0.05, 0) is 33.5 Å². The van der Waals surface area contributed by atoms with Crippen LogP contribution >= 0.6 is 0 Å². The summed E-state index contributed by atoms with van der Waals surface area (Å²) in [5.74, 6) is -0.516. The second-order valence-electron chi connectivity index (χ2n) is 13.0. The van der Waals surface area contributed by atoms with Crippen molar-refractivity contribution in [3.8, 4) is 0 Å². The van der Waals surface area contributed by atoms with E-state index in [-0.39, 0.29) is 35.7 Å². The highest BCUT2D eigenvalue weighted by Crippen LogP contribution is 2.37. The van der Waals surface area contributed by atoms with Crippen LogP contribution in [-0.4, -0.2) is 65.5 Å². The van der Waals surface area contributed by atoms with Crippen LogP contribution in [0.2, 0.25) is 23.2 Å². The van der Waals surface area contributed by atoms with E-state index in [1.54, 1.807) is 0 Å². The fraction of sp³-hybridized carbons (Fsp3) is 0.484. The maximum Gasteiger partial charge on any atom is 0.267 e. The highest BCUT2D eigenvalue weighted by atomic mass is 28.4. The third-order valence-corrected chi connectivity index (χ3v) is 17.5. The zero-order valence-electron chi connectivity index (χ0n) is 25.6. The highest BCUT2D eigenvalue weighted by molar-refractivity contribution is 6.99. The van der Waals surface area contributed by atoms with E-state index in [0.717, 1.165) is 10.4 Å². The number of aliphatic hydroxyl groups excluding tert-OH is 1. The van der Waals surface area contributed by atoms with Gasteiger partial charge in [0.25, 0.3) is 20.1 Å². The molecule has 3 rings (SSSR count). The summed E-state index contributed by atoms with van der Waals surface area (Å²) in [6.45, 7) is 16.9. The summed E-state index contributed by atoms with van der Waals surface area (Å²) in [6, 6.07) is 20.4. The maximum absolute atomic E-state index is 12.8. The lowest BCUT2D eigenvalue weighted by molar-refractivity contribution is -0.133. The van der Waals surface area contributed by atoms with Crippen LogP contribution in [0.25, 0.3) is 0 Å². The van der Waals surface area contributed by atoms with Gasteiger partial charge in [0.05, 0.1) is 19.8 Å². The van der Waals surface area contributed by atoms with E-state index in [9.17, 15) is 14.7 Å². The first-order valence-electron chi connectivity index (χ1n) is 14.1. The molecule has 224 valence electrons. The number of hydrogen-bond acceptors (Lipinski definition) is 6. The SMILES string of the molecule is CC(C)(C)[Si](C)(C)OC[C@@H](O)C(=O)NCC1=CNC(=O)[C@@H](CO[Si](c2ccccc2)(c2ccccc2)C(C)(C)C)O1. The summed E-state index contributed by atoms with van der Waals surface area (Å²) in [7, 11) is -4.97. The van der Waals surface area contributed by atoms with Gasteiger partial charge in [0.15, 0.2) is 20.5 Å². The Morgan fingerprint density at radius 2 is 1.49 bits per heavy atom. The largest absolute Gasteiger partial charge is 0.479 e. The summed E-state index contributed by atoms with van der Waals surface area (Å²) in [6.07, 6.45) is -0.780. The molecule has 0 spiro atoms. The Kier molecular flexibility index (Phi) is 10.4. The van der Waals surface area contributed by atoms with Gasteiger partial charge in [0, 0.05) is 6.20 Å². The molecule has 2 aromatic carbocycles. The molecule has 2 atom stereocenters. The number of amides is 2. The maximum atomic E-state index is 12.8. The summed E-state index contributed by atoms with van der Waals surface area (Å²) in [5.41, 5.74) is 0. The fourth-order valence-electron chi connectivity index (χ4n) is 4.55. The minimum atomic E-state index is -2.87. The molecule has 1 heterocycles. The number of carbonyl (C=O) groups excluding carboxylic acids is 2. The molecule has 2 aromatic rings. The zero-order chi connectivity index (χ0) is 30.5. The molecule has 0 fully saturated rings. The van der Waals surface area contributed by atoms with Gasteiger partial charge in [-0.15, -0.1) is 0 Å². The second-order valence-corrected chi connectivity index (χ2v) is 22.1. The van der Waals surface area contributed by atoms with Gasteiger partial charge in [0.2, 0.25) is 0 Å². The van der Waals surface area contributed by atoms with Crippen LogP contribution in [0, 0.1) is 0 Å². The average Bonchev–Trinajstić information content (AvgIpc) is 2.91. The molecule has 0 radical (unpaired) electrons. The topological polar surface area (TPSA) is 106 Å². The van der Waals surface area contributed by atoms with E-state index in [0.29, 0.717) is 5.76 Å². The molecule has 2 amide bonds. The van der Waals surface area contributed by atoms with Crippen molar-refractivity contribution >= 4 is 38.8 Å². The summed E-state index contributed by atoms with van der Waals surface area (Å²) in [5, 5.41) is 17.7. The lowest BCUT2D eigenvalue weighted by Gasteiger charge is -2.43. The molecule has 1 aliphatic rings. The molecular formula is C31H46N2O6Si2. The Balaban J connectivity index is 1.69. The summed E-state index contributed by atoms with van der Waals surface area (Å²) in [4.78, 5) is 25.4. The molecule has 0 aliphatic carbocycles. The van der Waals surface area contributed by atoms with E-state index in [1.807, 2.05) is 36.4 Å². The van der Waals surface area contributed by atoms with Crippen LogP contribution in [0.15, 0.2) is 72.6 Å². The number of carbonyl (C=O) groups is 2. The summed E-state index contributed by atoms with van der Waals surface area (Å²) >= 11 is 0. The van der Waals surface area contributed by atoms with Crippen LogP contribution in [-0.2, 0) is 23.2 Å². The summed E-state index contributed by atoms with van der Waals surface area (Å²) < 4.78 is 18.8. The van der Waals surface area contributed by atoms with Crippen LogP contribution in [0.5, 0.6) is 0 Å². The second kappa shape index (κ2) is 13.0. The minimum absolute atomic E-state index is 0.00593. The predicted octanol–water partition coefficient (Wildman–Crippen LogP) is 3.42. The van der Waals surface area contributed by atoms with E-state index in [1.165, 1.54) is 6.20 Å². The van der Waals surface area contributed by atoms with Gasteiger partial charge < -0.3 is 29.3 Å². The van der Waals surface area contributed by atoms with E-state index in [4.69, 9.17) is 13.6 Å². The molecule has 3 N–H and O–H groups in total. The molecule has 0 saturated heterocycles. The van der Waals surface area contributed by atoms with E-state index >= 15 is 0 Å². The smallest absolute Gasteiger partial charge is 0.267 e. The standard InChI is InChI=1S/C31H46N2O6Si2/c1-30(2,3)40(7,8)37-21-26(34)28(35)32-19-23-20-33-29(36)27(39-23)22-38-41(31(4,5)6,24-15-11-9-12-16-24)25-17-13-10-14-18-25/h9-18,20,26-27,34H,19,21-22H2,1-8H3,(H,32,35)(H,33,36)/t26-,27-/m1/s1. The van der Waals surface area contributed by atoms with Gasteiger partial charge in [-0.25, -0.2) is 0 Å². The van der Waals surface area contributed by atoms with E-state index in [2.05, 4.69) is 89.5 Å². The van der Waals surface area contributed by atoms with Crippen molar-refractivity contribution < 1.29 is 28.3 Å². The Hall–Kier alpha value is -2.77. The number of aliphatic hydroxyl groups is 1. The van der Waals surface area contributed by atoms with Gasteiger partial charge in [-0.3, -0.25) is 9.59 Å². The van der Waals surface area contributed by atoms with Crippen molar-refractivity contribution in [3.05, 3.63) is 72.6 Å². The van der Waals surface area contributed by atoms with Crippen molar-refractivity contribution in [2.75, 3.05) is 19.8 Å². The molecule has 8 nitrogen and oxygen atoms in total. The van der Waals surface area contributed by atoms with Crippen molar-refractivity contribution in [1.29, 1.82) is 0 Å². The first kappa shape index (κ1) is 32.7. The lowest BCUT2D eigenvalue weighted by atomic mass is 10.2. The number of nitrogens with one attached hydrogen (secondary N) is 2. The predicted molar refractivity (Wildman–Crippen MR) is 167 cm³/mol. The Morgan fingerprint density at radius 1 is 0.951 bits per heavy atom. The molecule has 0 saturated carbocycles. The van der Waals surface area contributed by atoms with Crippen molar-refractivity contribution in [3.63, 3.8) is 0 Å². The number of hydrogen-bond donors (Lipinski definition) is 3. The molecule has 41 heavy (non-hydrogen) atoms. The lowest BCUT2D eigenvalue weighted by Crippen LogP contribution is -2.67. The van der Waals surface area contributed by atoms with Crippen LogP contribution in [0.4, 0.5) is 0 Å². The Morgan fingerprint density at radius 3 is 1.98 bits per heavy atom.